The number of benzene rings is 4. The predicted molar refractivity (Wildman–Crippen MR) is 200 cm³/mol. The van der Waals surface area contributed by atoms with Crippen LogP contribution in [0.2, 0.25) is 0 Å². The molecule has 3 amide bonds. The molecule has 0 aliphatic heterocycles. The molecule has 0 saturated carbocycles. The Bertz CT molecular complexity index is 1900. The molecule has 0 heterocycles. The number of hydrogen-bond acceptors (Lipinski definition) is 6. The molecule has 0 aliphatic rings. The van der Waals surface area contributed by atoms with Crippen molar-refractivity contribution in [2.75, 3.05) is 20.5 Å². The molecule has 0 bridgehead atoms. The van der Waals surface area contributed by atoms with Crippen molar-refractivity contribution in [1.82, 2.24) is 10.6 Å². The van der Waals surface area contributed by atoms with Crippen LogP contribution in [0.3, 0.4) is 0 Å². The Balaban J connectivity index is 0.000000296. The number of nitrogens with one attached hydrogen (secondary N) is 2. The van der Waals surface area contributed by atoms with E-state index < -0.39 is 41.2 Å². The Morgan fingerprint density at radius 1 is 0.636 bits per heavy atom. The van der Waals surface area contributed by atoms with Crippen molar-refractivity contribution < 1.29 is 50.2 Å². The van der Waals surface area contributed by atoms with Gasteiger partial charge in [-0.3, -0.25) is 14.4 Å². The van der Waals surface area contributed by atoms with Crippen molar-refractivity contribution in [1.29, 1.82) is 0 Å². The van der Waals surface area contributed by atoms with Crippen LogP contribution < -0.4 is 25.8 Å². The summed E-state index contributed by atoms with van der Waals surface area (Å²) in [6, 6.07) is 19.7. The SMILES string of the molecule is COc1ccc(CC(C)C(N)=O)cc1C(=O)NCc1ccc(C(F)(F)F)cc1.COc1ccc(CC(C)SC)cc1C(=O)NCc1ccc(C(F)(F)F)cc1. The third-order valence-electron chi connectivity index (χ3n) is 8.44. The molecule has 8 nitrogen and oxygen atoms in total. The van der Waals surface area contributed by atoms with Crippen LogP contribution in [-0.2, 0) is 43.1 Å². The number of rotatable bonds is 14. The molecule has 0 saturated heterocycles. The number of amides is 3. The lowest BCUT2D eigenvalue weighted by atomic mass is 9.98. The second-order valence-corrected chi connectivity index (χ2v) is 13.9. The van der Waals surface area contributed by atoms with Crippen LogP contribution >= 0.6 is 11.8 Å². The summed E-state index contributed by atoms with van der Waals surface area (Å²) in [5, 5.41) is 5.81. The van der Waals surface area contributed by atoms with E-state index in [1.54, 1.807) is 49.0 Å². The summed E-state index contributed by atoms with van der Waals surface area (Å²) < 4.78 is 86.1. The number of carbonyl (C=O) groups is 3. The summed E-state index contributed by atoms with van der Waals surface area (Å²) in [5.74, 6) is -0.794. The zero-order valence-electron chi connectivity index (χ0n) is 30.9. The summed E-state index contributed by atoms with van der Waals surface area (Å²) in [4.78, 5) is 36.3. The fourth-order valence-corrected chi connectivity index (χ4v) is 5.53. The maximum atomic E-state index is 12.6. The first kappa shape index (κ1) is 44.2. The smallest absolute Gasteiger partial charge is 0.416 e. The number of methoxy groups -OCH3 is 2. The van der Waals surface area contributed by atoms with E-state index in [1.807, 2.05) is 12.3 Å². The molecular formula is C40H43F6N3O5S. The van der Waals surface area contributed by atoms with Crippen molar-refractivity contribution in [3.63, 3.8) is 0 Å². The molecule has 296 valence electrons. The Morgan fingerprint density at radius 2 is 1.00 bits per heavy atom. The Labute approximate surface area is 320 Å². The Kier molecular flexibility index (Phi) is 16.0. The number of ether oxygens (including phenoxy) is 2. The number of primary amides is 1. The lowest BCUT2D eigenvalue weighted by Crippen LogP contribution is -2.24. The highest BCUT2D eigenvalue weighted by atomic mass is 32.2. The minimum atomic E-state index is -4.41. The van der Waals surface area contributed by atoms with Crippen LogP contribution in [0.15, 0.2) is 84.9 Å². The highest BCUT2D eigenvalue weighted by molar-refractivity contribution is 7.99. The molecule has 2 unspecified atom stereocenters. The molecule has 4 aromatic carbocycles. The van der Waals surface area contributed by atoms with E-state index in [2.05, 4.69) is 17.6 Å². The van der Waals surface area contributed by atoms with Crippen LogP contribution in [-0.4, -0.2) is 43.4 Å². The largest absolute Gasteiger partial charge is 0.496 e. The minimum absolute atomic E-state index is 0.0576. The normalized spacial score (nSPS) is 12.4. The first-order valence-corrected chi connectivity index (χ1v) is 18.2. The molecule has 0 aromatic heterocycles. The van der Waals surface area contributed by atoms with E-state index in [4.69, 9.17) is 15.2 Å². The predicted octanol–water partition coefficient (Wildman–Crippen LogP) is 8.25. The quantitative estimate of drug-likeness (QED) is 0.111. The van der Waals surface area contributed by atoms with Crippen molar-refractivity contribution in [3.8, 4) is 11.5 Å². The van der Waals surface area contributed by atoms with Gasteiger partial charge in [-0.1, -0.05) is 50.2 Å². The lowest BCUT2D eigenvalue weighted by molar-refractivity contribution is -0.138. The number of thioether (sulfide) groups is 1. The van der Waals surface area contributed by atoms with Gasteiger partial charge in [0, 0.05) is 24.3 Å². The maximum absolute atomic E-state index is 12.6. The zero-order chi connectivity index (χ0) is 40.9. The zero-order valence-corrected chi connectivity index (χ0v) is 31.7. The number of halogens is 6. The molecular weight excluding hydrogens is 749 g/mol. The van der Waals surface area contributed by atoms with E-state index in [1.165, 1.54) is 38.5 Å². The van der Waals surface area contributed by atoms with Crippen LogP contribution in [0, 0.1) is 5.92 Å². The molecule has 55 heavy (non-hydrogen) atoms. The highest BCUT2D eigenvalue weighted by Crippen LogP contribution is 2.30. The first-order valence-electron chi connectivity index (χ1n) is 16.9. The van der Waals surface area contributed by atoms with Gasteiger partial charge in [0.2, 0.25) is 5.91 Å². The first-order chi connectivity index (χ1) is 25.9. The fourth-order valence-electron chi connectivity index (χ4n) is 5.17. The standard InChI is InChI=1S/C20H21F3N2O3.C20H22F3NO2S/c1-12(18(24)26)9-14-5-8-17(28-2)16(10-14)19(27)25-11-13-3-6-15(7-4-13)20(21,22)23;1-13(27-3)10-15-6-9-18(26-2)17(11-15)19(25)24-12-14-4-7-16(8-5-14)20(21,22)23/h3-8,10,12H,9,11H2,1-2H3,(H2,24,26)(H,25,27);4-9,11,13H,10,12H2,1-3H3,(H,24,25). The van der Waals surface area contributed by atoms with Crippen LogP contribution in [0.4, 0.5) is 26.3 Å². The summed E-state index contributed by atoms with van der Waals surface area (Å²) >= 11 is 1.74. The van der Waals surface area contributed by atoms with Crippen molar-refractivity contribution in [2.45, 2.75) is 57.4 Å². The second-order valence-electron chi connectivity index (χ2n) is 12.6. The van der Waals surface area contributed by atoms with Gasteiger partial charge in [-0.15, -0.1) is 0 Å². The third-order valence-corrected chi connectivity index (χ3v) is 9.41. The van der Waals surface area contributed by atoms with Gasteiger partial charge in [-0.25, -0.2) is 0 Å². The van der Waals surface area contributed by atoms with E-state index in [0.717, 1.165) is 41.8 Å². The number of carbonyl (C=O) groups excluding carboxylic acids is 3. The molecule has 0 fully saturated rings. The summed E-state index contributed by atoms with van der Waals surface area (Å²) in [6.07, 6.45) is -5.55. The van der Waals surface area contributed by atoms with Gasteiger partial charge < -0.3 is 25.8 Å². The van der Waals surface area contributed by atoms with Gasteiger partial charge in [0.15, 0.2) is 0 Å². The monoisotopic (exact) mass is 791 g/mol. The van der Waals surface area contributed by atoms with E-state index in [-0.39, 0.29) is 24.6 Å². The number of hydrogen-bond donors (Lipinski definition) is 3. The van der Waals surface area contributed by atoms with Gasteiger partial charge in [-0.2, -0.15) is 38.1 Å². The Morgan fingerprint density at radius 3 is 1.33 bits per heavy atom. The van der Waals surface area contributed by atoms with Gasteiger partial charge in [0.1, 0.15) is 11.5 Å². The third kappa shape index (κ3) is 13.6. The lowest BCUT2D eigenvalue weighted by Gasteiger charge is -2.13. The second kappa shape index (κ2) is 19.9. The topological polar surface area (TPSA) is 120 Å². The minimum Gasteiger partial charge on any atom is -0.496 e. The van der Waals surface area contributed by atoms with E-state index >= 15 is 0 Å². The molecule has 15 heteroatoms. The average molecular weight is 792 g/mol. The molecule has 4 N–H and O–H groups in total. The summed E-state index contributed by atoms with van der Waals surface area (Å²) in [7, 11) is 2.92. The molecule has 4 rings (SSSR count). The van der Waals surface area contributed by atoms with E-state index in [9.17, 15) is 40.7 Å². The van der Waals surface area contributed by atoms with Crippen molar-refractivity contribution in [3.05, 3.63) is 129 Å². The molecule has 0 aliphatic carbocycles. The highest BCUT2D eigenvalue weighted by Gasteiger charge is 2.31. The Hall–Kier alpha value is -5.18. The van der Waals surface area contributed by atoms with Crippen LogP contribution in [0.25, 0.3) is 0 Å². The molecule has 0 radical (unpaired) electrons. The fraction of sp³-hybridized carbons (Fsp3) is 0.325. The van der Waals surface area contributed by atoms with Gasteiger partial charge >= 0.3 is 12.4 Å². The number of nitrogens with two attached hydrogens (primary N) is 1. The van der Waals surface area contributed by atoms with Crippen LogP contribution in [0.5, 0.6) is 11.5 Å². The van der Waals surface area contributed by atoms with Gasteiger partial charge in [-0.05, 0) is 89.9 Å². The summed E-state index contributed by atoms with van der Waals surface area (Å²) in [6.45, 7) is 3.99. The van der Waals surface area contributed by atoms with Gasteiger partial charge in [0.05, 0.1) is 36.5 Å². The van der Waals surface area contributed by atoms with Crippen LogP contribution in [0.1, 0.15) is 67.9 Å². The van der Waals surface area contributed by atoms with E-state index in [0.29, 0.717) is 39.9 Å². The van der Waals surface area contributed by atoms with Crippen molar-refractivity contribution >= 4 is 29.5 Å². The van der Waals surface area contributed by atoms with Crippen molar-refractivity contribution in [2.24, 2.45) is 11.7 Å². The molecule has 0 spiro atoms. The molecule has 2 atom stereocenters. The molecule has 4 aromatic rings. The maximum Gasteiger partial charge on any atom is 0.416 e. The summed E-state index contributed by atoms with van der Waals surface area (Å²) in [5.41, 5.74) is 7.37. The number of alkyl halides is 6. The average Bonchev–Trinajstić information content (AvgIpc) is 3.15. The van der Waals surface area contributed by atoms with Gasteiger partial charge in [0.25, 0.3) is 11.8 Å².